The van der Waals surface area contributed by atoms with Gasteiger partial charge in [-0.25, -0.2) is 4.68 Å². The summed E-state index contributed by atoms with van der Waals surface area (Å²) in [6, 6.07) is 6.45. The molecule has 0 fully saturated rings. The topological polar surface area (TPSA) is 56.7 Å². The highest BCUT2D eigenvalue weighted by atomic mass is 15.4. The van der Waals surface area contributed by atoms with Crippen molar-refractivity contribution in [2.45, 2.75) is 25.8 Å². The first-order chi connectivity index (χ1) is 7.20. The van der Waals surface area contributed by atoms with Crippen molar-refractivity contribution in [1.29, 1.82) is 0 Å². The highest BCUT2D eigenvalue weighted by Crippen LogP contribution is 2.13. The van der Waals surface area contributed by atoms with E-state index in [4.69, 9.17) is 5.73 Å². The van der Waals surface area contributed by atoms with Crippen LogP contribution in [0.3, 0.4) is 0 Å². The predicted octanol–water partition coefficient (Wildman–Crippen LogP) is 1.25. The number of aryl methyl sites for hydroxylation is 1. The molecule has 0 bridgehead atoms. The fraction of sp³-hybridized carbons (Fsp3) is 0.455. The van der Waals surface area contributed by atoms with Gasteiger partial charge in [-0.3, -0.25) is 0 Å². The van der Waals surface area contributed by atoms with Crippen LogP contribution in [0.4, 0.5) is 0 Å². The molecule has 0 spiro atoms. The molecule has 1 heterocycles. The highest BCUT2D eigenvalue weighted by Gasteiger charge is 2.05. The van der Waals surface area contributed by atoms with Crippen molar-refractivity contribution in [3.63, 3.8) is 0 Å². The van der Waals surface area contributed by atoms with Gasteiger partial charge in [0.2, 0.25) is 0 Å². The number of rotatable bonds is 3. The number of hydrogen-bond donors (Lipinski definition) is 1. The normalized spacial score (nSPS) is 13.3. The third-order valence-electron chi connectivity index (χ3n) is 2.70. The lowest BCUT2D eigenvalue weighted by Gasteiger charge is -2.07. The lowest BCUT2D eigenvalue weighted by atomic mass is 10.0. The molecule has 1 aromatic heterocycles. The van der Waals surface area contributed by atoms with Gasteiger partial charge in [0.15, 0.2) is 0 Å². The summed E-state index contributed by atoms with van der Waals surface area (Å²) in [7, 11) is 1.90. The van der Waals surface area contributed by atoms with Crippen molar-refractivity contribution >= 4 is 11.0 Å². The Morgan fingerprint density at radius 3 is 3.00 bits per heavy atom. The van der Waals surface area contributed by atoms with E-state index < -0.39 is 0 Å². The minimum absolute atomic E-state index is 0.235. The van der Waals surface area contributed by atoms with E-state index in [2.05, 4.69) is 29.4 Å². The molecule has 0 aliphatic carbocycles. The van der Waals surface area contributed by atoms with Crippen LogP contribution in [-0.4, -0.2) is 21.0 Å². The molecular weight excluding hydrogens is 188 g/mol. The molecule has 0 saturated carbocycles. The molecule has 4 heteroatoms. The Labute approximate surface area is 89.1 Å². The standard InChI is InChI=1S/C11H16N4/c1-3-9(12)6-8-4-5-11-10(7-8)13-14-15(11)2/h4-5,7,9H,3,6,12H2,1-2H3. The van der Waals surface area contributed by atoms with Gasteiger partial charge >= 0.3 is 0 Å². The Kier molecular flexibility index (Phi) is 2.68. The van der Waals surface area contributed by atoms with Gasteiger partial charge in [0.05, 0.1) is 5.52 Å². The van der Waals surface area contributed by atoms with E-state index in [1.54, 1.807) is 4.68 Å². The summed E-state index contributed by atoms with van der Waals surface area (Å²) in [5.41, 5.74) is 9.15. The summed E-state index contributed by atoms with van der Waals surface area (Å²) < 4.78 is 1.78. The zero-order chi connectivity index (χ0) is 10.8. The lowest BCUT2D eigenvalue weighted by molar-refractivity contribution is 0.647. The first-order valence-corrected chi connectivity index (χ1v) is 5.24. The quantitative estimate of drug-likeness (QED) is 0.818. The van der Waals surface area contributed by atoms with Gasteiger partial charge in [0.1, 0.15) is 5.52 Å². The molecule has 0 radical (unpaired) electrons. The third-order valence-corrected chi connectivity index (χ3v) is 2.70. The zero-order valence-corrected chi connectivity index (χ0v) is 9.14. The molecule has 1 unspecified atom stereocenters. The Balaban J connectivity index is 2.31. The van der Waals surface area contributed by atoms with Crippen molar-refractivity contribution in [2.24, 2.45) is 12.8 Å². The number of nitrogens with zero attached hydrogens (tertiary/aromatic N) is 3. The summed E-state index contributed by atoms with van der Waals surface area (Å²) in [5, 5.41) is 8.06. The molecule has 0 aliphatic heterocycles. The largest absolute Gasteiger partial charge is 0.327 e. The average molecular weight is 204 g/mol. The first-order valence-electron chi connectivity index (χ1n) is 5.24. The smallest absolute Gasteiger partial charge is 0.113 e. The van der Waals surface area contributed by atoms with E-state index in [1.165, 1.54) is 5.56 Å². The van der Waals surface area contributed by atoms with Crippen molar-refractivity contribution in [3.8, 4) is 0 Å². The van der Waals surface area contributed by atoms with Crippen LogP contribution >= 0.6 is 0 Å². The van der Waals surface area contributed by atoms with Gasteiger partial charge in [-0.2, -0.15) is 0 Å². The average Bonchev–Trinajstić information content (AvgIpc) is 2.60. The van der Waals surface area contributed by atoms with Crippen LogP contribution in [0.15, 0.2) is 18.2 Å². The summed E-state index contributed by atoms with van der Waals surface area (Å²) in [6.45, 7) is 2.10. The molecule has 2 N–H and O–H groups in total. The SMILES string of the molecule is CCC(N)Cc1ccc2c(c1)nnn2C. The summed E-state index contributed by atoms with van der Waals surface area (Å²) in [4.78, 5) is 0. The van der Waals surface area contributed by atoms with E-state index in [0.717, 1.165) is 23.9 Å². The highest BCUT2D eigenvalue weighted by molar-refractivity contribution is 5.74. The number of fused-ring (bicyclic) bond motifs is 1. The second-order valence-corrected chi connectivity index (χ2v) is 3.91. The Hall–Kier alpha value is -1.42. The molecule has 0 amide bonds. The maximum absolute atomic E-state index is 5.91. The van der Waals surface area contributed by atoms with E-state index >= 15 is 0 Å². The summed E-state index contributed by atoms with van der Waals surface area (Å²) in [6.07, 6.45) is 1.90. The number of benzene rings is 1. The molecule has 2 rings (SSSR count). The van der Waals surface area contributed by atoms with Crippen LogP contribution < -0.4 is 5.73 Å². The first kappa shape index (κ1) is 10.1. The van der Waals surface area contributed by atoms with Crippen LogP contribution in [0.5, 0.6) is 0 Å². The number of aromatic nitrogens is 3. The number of hydrogen-bond acceptors (Lipinski definition) is 3. The molecule has 1 aromatic carbocycles. The Morgan fingerprint density at radius 1 is 1.47 bits per heavy atom. The van der Waals surface area contributed by atoms with Gasteiger partial charge in [0.25, 0.3) is 0 Å². The van der Waals surface area contributed by atoms with Crippen molar-refractivity contribution in [3.05, 3.63) is 23.8 Å². The van der Waals surface area contributed by atoms with Crippen molar-refractivity contribution in [2.75, 3.05) is 0 Å². The third kappa shape index (κ3) is 1.99. The van der Waals surface area contributed by atoms with E-state index in [0.29, 0.717) is 0 Å². The molecule has 4 nitrogen and oxygen atoms in total. The molecule has 1 atom stereocenters. The zero-order valence-electron chi connectivity index (χ0n) is 9.14. The van der Waals surface area contributed by atoms with Crippen molar-refractivity contribution < 1.29 is 0 Å². The van der Waals surface area contributed by atoms with Crippen molar-refractivity contribution in [1.82, 2.24) is 15.0 Å². The molecular formula is C11H16N4. The molecule has 0 aliphatic rings. The second kappa shape index (κ2) is 3.98. The van der Waals surface area contributed by atoms with E-state index in [1.807, 2.05) is 13.1 Å². The molecule has 80 valence electrons. The predicted molar refractivity (Wildman–Crippen MR) is 60.5 cm³/mol. The Bertz CT molecular complexity index is 461. The maximum Gasteiger partial charge on any atom is 0.113 e. The van der Waals surface area contributed by atoms with Gasteiger partial charge < -0.3 is 5.73 Å². The molecule has 15 heavy (non-hydrogen) atoms. The Morgan fingerprint density at radius 2 is 2.27 bits per heavy atom. The van der Waals surface area contributed by atoms with Gasteiger partial charge in [-0.1, -0.05) is 18.2 Å². The van der Waals surface area contributed by atoms with Crippen LogP contribution in [-0.2, 0) is 13.5 Å². The minimum atomic E-state index is 0.235. The fourth-order valence-corrected chi connectivity index (χ4v) is 1.66. The number of nitrogens with two attached hydrogens (primary N) is 1. The molecule has 0 saturated heterocycles. The van der Waals surface area contributed by atoms with Crippen LogP contribution in [0.25, 0.3) is 11.0 Å². The van der Waals surface area contributed by atoms with E-state index in [-0.39, 0.29) is 6.04 Å². The van der Waals surface area contributed by atoms with E-state index in [9.17, 15) is 0 Å². The van der Waals surface area contributed by atoms with Crippen LogP contribution in [0.2, 0.25) is 0 Å². The second-order valence-electron chi connectivity index (χ2n) is 3.91. The van der Waals surface area contributed by atoms with Crippen LogP contribution in [0.1, 0.15) is 18.9 Å². The summed E-state index contributed by atoms with van der Waals surface area (Å²) >= 11 is 0. The van der Waals surface area contributed by atoms with Gasteiger partial charge in [-0.05, 0) is 30.5 Å². The van der Waals surface area contributed by atoms with Crippen LogP contribution in [0, 0.1) is 0 Å². The summed E-state index contributed by atoms with van der Waals surface area (Å²) in [5.74, 6) is 0. The minimum Gasteiger partial charge on any atom is -0.327 e. The molecule has 2 aromatic rings. The monoisotopic (exact) mass is 204 g/mol. The van der Waals surface area contributed by atoms with Gasteiger partial charge in [0, 0.05) is 13.1 Å². The maximum atomic E-state index is 5.91. The lowest BCUT2D eigenvalue weighted by Crippen LogP contribution is -2.21. The fourth-order valence-electron chi connectivity index (χ4n) is 1.66. The van der Waals surface area contributed by atoms with Gasteiger partial charge in [-0.15, -0.1) is 5.10 Å².